The number of carbonyl (C=O) groups is 1. The van der Waals surface area contributed by atoms with E-state index in [0.717, 1.165) is 41.7 Å². The Balaban J connectivity index is 1.57. The highest BCUT2D eigenvalue weighted by molar-refractivity contribution is 5.96. The number of fused-ring (bicyclic) bond motifs is 1. The lowest BCUT2D eigenvalue weighted by atomic mass is 10.1. The van der Waals surface area contributed by atoms with Crippen molar-refractivity contribution in [2.45, 2.75) is 32.7 Å². The van der Waals surface area contributed by atoms with Gasteiger partial charge in [0, 0.05) is 24.2 Å². The lowest BCUT2D eigenvalue weighted by Crippen LogP contribution is -2.41. The van der Waals surface area contributed by atoms with Gasteiger partial charge in [-0.15, -0.1) is 0 Å². The molecule has 5 heteroatoms. The van der Waals surface area contributed by atoms with E-state index in [2.05, 4.69) is 22.8 Å². The van der Waals surface area contributed by atoms with Crippen molar-refractivity contribution >= 4 is 16.9 Å². The highest BCUT2D eigenvalue weighted by Crippen LogP contribution is 2.26. The van der Waals surface area contributed by atoms with Crippen LogP contribution in [0.15, 0.2) is 40.8 Å². The van der Waals surface area contributed by atoms with Gasteiger partial charge >= 0.3 is 0 Å². The van der Waals surface area contributed by atoms with Gasteiger partial charge in [-0.05, 0) is 44.9 Å². The number of carbonyl (C=O) groups excluding carboxylic acids is 1. The Bertz CT molecular complexity index is 860. The summed E-state index contributed by atoms with van der Waals surface area (Å²) in [5.41, 5.74) is 2.93. The number of aromatic nitrogens is 2. The van der Waals surface area contributed by atoms with E-state index in [1.807, 2.05) is 42.2 Å². The van der Waals surface area contributed by atoms with Gasteiger partial charge in [0.1, 0.15) is 5.58 Å². The number of amides is 1. The molecule has 0 spiro atoms. The largest absolute Gasteiger partial charge is 0.451 e. The van der Waals surface area contributed by atoms with Crippen LogP contribution in [-0.4, -0.2) is 33.7 Å². The fourth-order valence-corrected chi connectivity index (χ4v) is 3.60. The van der Waals surface area contributed by atoms with E-state index in [0.29, 0.717) is 12.3 Å². The zero-order valence-electron chi connectivity index (χ0n) is 14.0. The maximum absolute atomic E-state index is 12.8. The van der Waals surface area contributed by atoms with Gasteiger partial charge in [-0.1, -0.05) is 18.2 Å². The predicted octanol–water partition coefficient (Wildman–Crippen LogP) is 3.72. The van der Waals surface area contributed by atoms with Crippen LogP contribution < -0.4 is 0 Å². The summed E-state index contributed by atoms with van der Waals surface area (Å²) in [4.78, 5) is 14.7. The molecule has 1 aliphatic heterocycles. The number of rotatable bonds is 2. The Morgan fingerprint density at radius 3 is 2.83 bits per heavy atom. The minimum Gasteiger partial charge on any atom is -0.451 e. The molecule has 0 N–H and O–H groups in total. The third kappa shape index (κ3) is 2.60. The first kappa shape index (κ1) is 15.0. The summed E-state index contributed by atoms with van der Waals surface area (Å²) in [7, 11) is 0. The molecule has 24 heavy (non-hydrogen) atoms. The van der Waals surface area contributed by atoms with Crippen LogP contribution in [0, 0.1) is 13.8 Å². The highest BCUT2D eigenvalue weighted by Gasteiger charge is 2.28. The van der Waals surface area contributed by atoms with E-state index < -0.39 is 0 Å². The molecule has 0 aliphatic carbocycles. The Morgan fingerprint density at radius 1 is 1.25 bits per heavy atom. The topological polar surface area (TPSA) is 51.3 Å². The van der Waals surface area contributed by atoms with Gasteiger partial charge < -0.3 is 9.32 Å². The van der Waals surface area contributed by atoms with Crippen LogP contribution >= 0.6 is 0 Å². The molecule has 0 bridgehead atoms. The molecule has 1 amide bonds. The Morgan fingerprint density at radius 2 is 2.08 bits per heavy atom. The minimum absolute atomic E-state index is 0.0302. The summed E-state index contributed by atoms with van der Waals surface area (Å²) >= 11 is 0. The van der Waals surface area contributed by atoms with Gasteiger partial charge in [0.2, 0.25) is 0 Å². The molecule has 1 fully saturated rings. The molecule has 2 aromatic heterocycles. The number of para-hydroxylation sites is 1. The number of furan rings is 1. The summed E-state index contributed by atoms with van der Waals surface area (Å²) < 4.78 is 7.80. The first-order chi connectivity index (χ1) is 11.6. The van der Waals surface area contributed by atoms with Crippen molar-refractivity contribution in [2.75, 3.05) is 13.1 Å². The van der Waals surface area contributed by atoms with E-state index in [-0.39, 0.29) is 11.9 Å². The van der Waals surface area contributed by atoms with Crippen molar-refractivity contribution in [3.05, 3.63) is 53.5 Å². The molecule has 0 unspecified atom stereocenters. The fourth-order valence-electron chi connectivity index (χ4n) is 3.60. The van der Waals surface area contributed by atoms with Gasteiger partial charge in [-0.3, -0.25) is 9.48 Å². The molecular weight excluding hydrogens is 302 g/mol. The maximum atomic E-state index is 12.8. The molecule has 124 valence electrons. The monoisotopic (exact) mass is 323 g/mol. The van der Waals surface area contributed by atoms with Gasteiger partial charge in [0.05, 0.1) is 11.7 Å². The number of benzene rings is 1. The van der Waals surface area contributed by atoms with Crippen molar-refractivity contribution in [3.63, 3.8) is 0 Å². The third-order valence-electron chi connectivity index (χ3n) is 4.71. The summed E-state index contributed by atoms with van der Waals surface area (Å²) in [5, 5.41) is 5.56. The summed E-state index contributed by atoms with van der Waals surface area (Å²) in [6.07, 6.45) is 2.03. The van der Waals surface area contributed by atoms with Gasteiger partial charge in [0.15, 0.2) is 5.76 Å². The maximum Gasteiger partial charge on any atom is 0.289 e. The lowest BCUT2D eigenvalue weighted by Gasteiger charge is -2.32. The summed E-state index contributed by atoms with van der Waals surface area (Å²) in [5.74, 6) is 0.391. The predicted molar refractivity (Wildman–Crippen MR) is 92.1 cm³/mol. The molecular formula is C19H21N3O2. The van der Waals surface area contributed by atoms with Gasteiger partial charge in [-0.2, -0.15) is 5.10 Å². The SMILES string of the molecule is Cc1cc(C)n([C@H]2CCCN(C(=O)c3cc4ccccc4o3)C2)n1. The minimum atomic E-state index is -0.0302. The molecule has 0 saturated carbocycles. The number of hydrogen-bond donors (Lipinski definition) is 0. The molecule has 1 aromatic carbocycles. The molecule has 4 rings (SSSR count). The normalized spacial score (nSPS) is 18.2. The molecule has 3 aromatic rings. The zero-order valence-corrected chi connectivity index (χ0v) is 14.0. The van der Waals surface area contributed by atoms with E-state index in [9.17, 15) is 4.79 Å². The van der Waals surface area contributed by atoms with E-state index >= 15 is 0 Å². The molecule has 3 heterocycles. The average molecular weight is 323 g/mol. The van der Waals surface area contributed by atoms with E-state index in [1.165, 1.54) is 0 Å². The second-order valence-corrected chi connectivity index (χ2v) is 6.57. The quantitative estimate of drug-likeness (QED) is 0.722. The van der Waals surface area contributed by atoms with Crippen molar-refractivity contribution in [2.24, 2.45) is 0 Å². The Labute approximate surface area is 140 Å². The van der Waals surface area contributed by atoms with Crippen LogP contribution in [0.25, 0.3) is 11.0 Å². The Hall–Kier alpha value is -2.56. The van der Waals surface area contributed by atoms with Crippen molar-refractivity contribution in [1.29, 1.82) is 0 Å². The van der Waals surface area contributed by atoms with Crippen LogP contribution in [-0.2, 0) is 0 Å². The first-order valence-electron chi connectivity index (χ1n) is 8.42. The zero-order chi connectivity index (χ0) is 16.7. The smallest absolute Gasteiger partial charge is 0.289 e. The van der Waals surface area contributed by atoms with Crippen molar-refractivity contribution in [1.82, 2.24) is 14.7 Å². The number of likely N-dealkylation sites (tertiary alicyclic amines) is 1. The average Bonchev–Trinajstić information content (AvgIpc) is 3.17. The fraction of sp³-hybridized carbons (Fsp3) is 0.368. The number of aryl methyl sites for hydroxylation is 2. The molecule has 1 atom stereocenters. The number of nitrogens with zero attached hydrogens (tertiary/aromatic N) is 3. The van der Waals surface area contributed by atoms with Crippen LogP contribution in [0.2, 0.25) is 0 Å². The second-order valence-electron chi connectivity index (χ2n) is 6.57. The second kappa shape index (κ2) is 5.82. The third-order valence-corrected chi connectivity index (χ3v) is 4.71. The Kier molecular flexibility index (Phi) is 3.63. The molecule has 5 nitrogen and oxygen atoms in total. The van der Waals surface area contributed by atoms with Crippen LogP contribution in [0.4, 0.5) is 0 Å². The number of piperidine rings is 1. The molecule has 0 radical (unpaired) electrons. The van der Waals surface area contributed by atoms with Gasteiger partial charge in [-0.25, -0.2) is 0 Å². The van der Waals surface area contributed by atoms with E-state index in [1.54, 1.807) is 0 Å². The van der Waals surface area contributed by atoms with E-state index in [4.69, 9.17) is 4.42 Å². The standard InChI is InChI=1S/C19H21N3O2/c1-13-10-14(2)22(20-13)16-7-5-9-21(12-16)19(23)18-11-15-6-3-4-8-17(15)24-18/h3-4,6,8,10-11,16H,5,7,9,12H2,1-2H3/t16-/m0/s1. The lowest BCUT2D eigenvalue weighted by molar-refractivity contribution is 0.0642. The van der Waals surface area contributed by atoms with Gasteiger partial charge in [0.25, 0.3) is 5.91 Å². The molecule has 1 aliphatic rings. The van der Waals surface area contributed by atoms with Crippen LogP contribution in [0.3, 0.4) is 0 Å². The summed E-state index contributed by atoms with van der Waals surface area (Å²) in [6.45, 7) is 5.52. The van der Waals surface area contributed by atoms with Crippen LogP contribution in [0.1, 0.15) is 40.8 Å². The summed E-state index contributed by atoms with van der Waals surface area (Å²) in [6, 6.07) is 11.9. The van der Waals surface area contributed by atoms with Crippen molar-refractivity contribution < 1.29 is 9.21 Å². The van der Waals surface area contributed by atoms with Crippen LogP contribution in [0.5, 0.6) is 0 Å². The highest BCUT2D eigenvalue weighted by atomic mass is 16.3. The van der Waals surface area contributed by atoms with Crippen molar-refractivity contribution in [3.8, 4) is 0 Å². The number of hydrogen-bond acceptors (Lipinski definition) is 3. The first-order valence-corrected chi connectivity index (χ1v) is 8.42. The molecule has 1 saturated heterocycles.